The van der Waals surface area contributed by atoms with Gasteiger partial charge in [-0.15, -0.1) is 0 Å². The van der Waals surface area contributed by atoms with Crippen LogP contribution in [0.25, 0.3) is 0 Å². The monoisotopic (exact) mass is 187 g/mol. The van der Waals surface area contributed by atoms with E-state index in [4.69, 9.17) is 5.11 Å². The van der Waals surface area contributed by atoms with Crippen LogP contribution in [-0.4, -0.2) is 36.2 Å². The van der Waals surface area contributed by atoms with Crippen LogP contribution in [0.4, 0.5) is 0 Å². The summed E-state index contributed by atoms with van der Waals surface area (Å²) in [5, 5.41) is 8.79. The average molecular weight is 187 g/mol. The van der Waals surface area contributed by atoms with Gasteiger partial charge in [0.1, 0.15) is 0 Å². The fraction of sp³-hybridized carbons (Fsp3) is 1.00. The van der Waals surface area contributed by atoms with Crippen LogP contribution in [0.15, 0.2) is 0 Å². The molecule has 80 valence electrons. The van der Waals surface area contributed by atoms with Gasteiger partial charge in [-0.3, -0.25) is 0 Å². The highest BCUT2D eigenvalue weighted by molar-refractivity contribution is 4.59. The molecule has 0 heterocycles. The van der Waals surface area contributed by atoms with E-state index in [1.807, 2.05) is 0 Å². The van der Waals surface area contributed by atoms with Crippen molar-refractivity contribution in [3.63, 3.8) is 0 Å². The number of likely N-dealkylation sites (N-methyl/N-ethyl adjacent to an activating group) is 1. The van der Waals surface area contributed by atoms with Crippen molar-refractivity contribution in [1.29, 1.82) is 0 Å². The van der Waals surface area contributed by atoms with E-state index in [0.717, 1.165) is 25.6 Å². The molecule has 2 heteroatoms. The first-order chi connectivity index (χ1) is 6.24. The van der Waals surface area contributed by atoms with Gasteiger partial charge in [-0.1, -0.05) is 33.6 Å². The molecule has 0 aliphatic carbocycles. The summed E-state index contributed by atoms with van der Waals surface area (Å²) in [5.41, 5.74) is 0. The molecular formula is C11H25NO. The maximum atomic E-state index is 8.79. The zero-order valence-corrected chi connectivity index (χ0v) is 9.42. The van der Waals surface area contributed by atoms with Crippen LogP contribution >= 0.6 is 0 Å². The van der Waals surface area contributed by atoms with Crippen LogP contribution in [0.2, 0.25) is 0 Å². The Kier molecular flexibility index (Phi) is 8.46. The lowest BCUT2D eigenvalue weighted by atomic mass is 10.0. The van der Waals surface area contributed by atoms with Gasteiger partial charge in [-0.2, -0.15) is 0 Å². The lowest BCUT2D eigenvalue weighted by Gasteiger charge is -2.21. The predicted octanol–water partition coefficient (Wildman–Crippen LogP) is 2.13. The SMILES string of the molecule is CCCC(C)CCN(CC)CCO. The van der Waals surface area contributed by atoms with E-state index >= 15 is 0 Å². The highest BCUT2D eigenvalue weighted by atomic mass is 16.3. The van der Waals surface area contributed by atoms with E-state index in [0.29, 0.717) is 0 Å². The van der Waals surface area contributed by atoms with Crippen molar-refractivity contribution in [2.75, 3.05) is 26.2 Å². The fourth-order valence-electron chi connectivity index (χ4n) is 1.61. The molecule has 0 saturated heterocycles. The summed E-state index contributed by atoms with van der Waals surface area (Å²) in [5.74, 6) is 0.831. The van der Waals surface area contributed by atoms with Gasteiger partial charge in [0.2, 0.25) is 0 Å². The van der Waals surface area contributed by atoms with Gasteiger partial charge < -0.3 is 10.0 Å². The summed E-state index contributed by atoms with van der Waals surface area (Å²) >= 11 is 0. The highest BCUT2D eigenvalue weighted by Gasteiger charge is 2.04. The minimum Gasteiger partial charge on any atom is -0.395 e. The van der Waals surface area contributed by atoms with E-state index in [-0.39, 0.29) is 6.61 Å². The molecular weight excluding hydrogens is 162 g/mol. The molecule has 0 bridgehead atoms. The van der Waals surface area contributed by atoms with Crippen molar-refractivity contribution >= 4 is 0 Å². The minimum absolute atomic E-state index is 0.288. The Morgan fingerprint density at radius 3 is 2.31 bits per heavy atom. The van der Waals surface area contributed by atoms with Crippen LogP contribution in [0.1, 0.15) is 40.0 Å². The van der Waals surface area contributed by atoms with E-state index in [1.54, 1.807) is 0 Å². The number of aliphatic hydroxyl groups excluding tert-OH is 1. The first kappa shape index (κ1) is 12.9. The Morgan fingerprint density at radius 2 is 1.85 bits per heavy atom. The molecule has 1 N–H and O–H groups in total. The average Bonchev–Trinajstić information content (AvgIpc) is 2.12. The lowest BCUT2D eigenvalue weighted by Crippen LogP contribution is -2.28. The lowest BCUT2D eigenvalue weighted by molar-refractivity contribution is 0.193. The van der Waals surface area contributed by atoms with Gasteiger partial charge in [0, 0.05) is 6.54 Å². The Hall–Kier alpha value is -0.0800. The second kappa shape index (κ2) is 8.52. The van der Waals surface area contributed by atoms with Crippen molar-refractivity contribution in [3.05, 3.63) is 0 Å². The third kappa shape index (κ3) is 7.03. The molecule has 0 fully saturated rings. The molecule has 0 rings (SSSR count). The van der Waals surface area contributed by atoms with Gasteiger partial charge in [-0.25, -0.2) is 0 Å². The van der Waals surface area contributed by atoms with Gasteiger partial charge in [0.15, 0.2) is 0 Å². The zero-order chi connectivity index (χ0) is 10.1. The number of aliphatic hydroxyl groups is 1. The molecule has 0 spiro atoms. The van der Waals surface area contributed by atoms with E-state index < -0.39 is 0 Å². The molecule has 2 nitrogen and oxygen atoms in total. The molecule has 0 aromatic heterocycles. The van der Waals surface area contributed by atoms with Crippen LogP contribution in [0.3, 0.4) is 0 Å². The van der Waals surface area contributed by atoms with Crippen molar-refractivity contribution in [3.8, 4) is 0 Å². The third-order valence-corrected chi connectivity index (χ3v) is 2.58. The van der Waals surface area contributed by atoms with Gasteiger partial charge >= 0.3 is 0 Å². The molecule has 0 aromatic rings. The maximum Gasteiger partial charge on any atom is 0.0558 e. The Morgan fingerprint density at radius 1 is 1.15 bits per heavy atom. The molecule has 1 unspecified atom stereocenters. The predicted molar refractivity (Wildman–Crippen MR) is 57.9 cm³/mol. The summed E-state index contributed by atoms with van der Waals surface area (Å²) in [6.45, 7) is 10.0. The summed E-state index contributed by atoms with van der Waals surface area (Å²) in [7, 11) is 0. The number of hydrogen-bond donors (Lipinski definition) is 1. The van der Waals surface area contributed by atoms with E-state index in [9.17, 15) is 0 Å². The molecule has 1 atom stereocenters. The van der Waals surface area contributed by atoms with Crippen molar-refractivity contribution in [1.82, 2.24) is 4.90 Å². The van der Waals surface area contributed by atoms with Gasteiger partial charge in [0.25, 0.3) is 0 Å². The maximum absolute atomic E-state index is 8.79. The molecule has 13 heavy (non-hydrogen) atoms. The Labute approximate surface area is 82.9 Å². The van der Waals surface area contributed by atoms with Crippen molar-refractivity contribution in [2.45, 2.75) is 40.0 Å². The second-order valence-corrected chi connectivity index (χ2v) is 3.84. The Bertz CT molecular complexity index is 106. The molecule has 0 aromatic carbocycles. The molecule has 0 aliphatic heterocycles. The van der Waals surface area contributed by atoms with Crippen LogP contribution in [0.5, 0.6) is 0 Å². The quantitative estimate of drug-likeness (QED) is 0.629. The number of rotatable bonds is 8. The first-order valence-corrected chi connectivity index (χ1v) is 5.57. The molecule has 0 aliphatic rings. The molecule has 0 radical (unpaired) electrons. The van der Waals surface area contributed by atoms with Gasteiger partial charge in [0.05, 0.1) is 6.61 Å². The van der Waals surface area contributed by atoms with Crippen LogP contribution in [-0.2, 0) is 0 Å². The minimum atomic E-state index is 0.288. The summed E-state index contributed by atoms with van der Waals surface area (Å²) in [6.07, 6.45) is 3.88. The summed E-state index contributed by atoms with van der Waals surface area (Å²) < 4.78 is 0. The molecule has 0 saturated carbocycles. The zero-order valence-electron chi connectivity index (χ0n) is 9.42. The molecule has 0 amide bonds. The highest BCUT2D eigenvalue weighted by Crippen LogP contribution is 2.10. The Balaban J connectivity index is 3.46. The van der Waals surface area contributed by atoms with Gasteiger partial charge in [-0.05, 0) is 25.4 Å². The van der Waals surface area contributed by atoms with Crippen molar-refractivity contribution < 1.29 is 5.11 Å². The van der Waals surface area contributed by atoms with Crippen LogP contribution in [0, 0.1) is 5.92 Å². The summed E-state index contributed by atoms with van der Waals surface area (Å²) in [6, 6.07) is 0. The fourth-order valence-corrected chi connectivity index (χ4v) is 1.61. The second-order valence-electron chi connectivity index (χ2n) is 3.84. The van der Waals surface area contributed by atoms with Crippen molar-refractivity contribution in [2.24, 2.45) is 5.92 Å². The van der Waals surface area contributed by atoms with E-state index in [1.165, 1.54) is 19.3 Å². The first-order valence-electron chi connectivity index (χ1n) is 5.57. The number of hydrogen-bond acceptors (Lipinski definition) is 2. The third-order valence-electron chi connectivity index (χ3n) is 2.58. The topological polar surface area (TPSA) is 23.5 Å². The number of nitrogens with zero attached hydrogens (tertiary/aromatic N) is 1. The smallest absolute Gasteiger partial charge is 0.0558 e. The largest absolute Gasteiger partial charge is 0.395 e. The van der Waals surface area contributed by atoms with Crippen LogP contribution < -0.4 is 0 Å². The standard InChI is InChI=1S/C11H25NO/c1-4-6-11(3)7-8-12(5-2)9-10-13/h11,13H,4-10H2,1-3H3. The normalized spacial score (nSPS) is 13.6. The van der Waals surface area contributed by atoms with E-state index in [2.05, 4.69) is 25.7 Å². The summed E-state index contributed by atoms with van der Waals surface area (Å²) in [4.78, 5) is 2.31.